The molecule has 8 nitrogen and oxygen atoms in total. The highest BCUT2D eigenvalue weighted by molar-refractivity contribution is 5.92. The van der Waals surface area contributed by atoms with Crippen molar-refractivity contribution in [3.63, 3.8) is 0 Å². The lowest BCUT2D eigenvalue weighted by Gasteiger charge is -2.10. The number of hydrogen-bond acceptors (Lipinski definition) is 7. The van der Waals surface area contributed by atoms with Crippen LogP contribution >= 0.6 is 0 Å². The van der Waals surface area contributed by atoms with Crippen molar-refractivity contribution in [2.75, 3.05) is 6.61 Å². The number of nitro groups is 1. The van der Waals surface area contributed by atoms with Gasteiger partial charge in [-0.25, -0.2) is 9.78 Å². The molecular formula is C9H7F3N2O6. The van der Waals surface area contributed by atoms with Crippen LogP contribution in [-0.2, 0) is 4.74 Å². The predicted octanol–water partition coefficient (Wildman–Crippen LogP) is 1.77. The summed E-state index contributed by atoms with van der Waals surface area (Å²) < 4.78 is 43.9. The summed E-state index contributed by atoms with van der Waals surface area (Å²) in [7, 11) is 0. The van der Waals surface area contributed by atoms with Crippen molar-refractivity contribution in [1.82, 2.24) is 4.98 Å². The Balaban J connectivity index is 3.35. The van der Waals surface area contributed by atoms with Crippen LogP contribution in [0.25, 0.3) is 0 Å². The predicted molar refractivity (Wildman–Crippen MR) is 55.2 cm³/mol. The Morgan fingerprint density at radius 1 is 1.55 bits per heavy atom. The van der Waals surface area contributed by atoms with Gasteiger partial charge in [0.2, 0.25) is 17.3 Å². The highest BCUT2D eigenvalue weighted by Gasteiger charge is 2.35. The van der Waals surface area contributed by atoms with Gasteiger partial charge in [0.05, 0.1) is 17.6 Å². The minimum absolute atomic E-state index is 0.169. The number of pyridine rings is 1. The van der Waals surface area contributed by atoms with E-state index in [-0.39, 0.29) is 12.7 Å². The summed E-state index contributed by atoms with van der Waals surface area (Å²) in [4.78, 5) is 23.8. The average Bonchev–Trinajstić information content (AvgIpc) is 2.29. The Bertz CT molecular complexity index is 545. The van der Waals surface area contributed by atoms with Gasteiger partial charge in [0.15, 0.2) is 0 Å². The van der Waals surface area contributed by atoms with E-state index in [0.29, 0.717) is 0 Å². The molecule has 0 spiro atoms. The summed E-state index contributed by atoms with van der Waals surface area (Å²) in [6.45, 7) is 1.22. The first-order valence-electron chi connectivity index (χ1n) is 4.97. The van der Waals surface area contributed by atoms with E-state index in [9.17, 15) is 33.2 Å². The van der Waals surface area contributed by atoms with E-state index in [1.54, 1.807) is 0 Å². The Labute approximate surface area is 108 Å². The van der Waals surface area contributed by atoms with Crippen LogP contribution in [0, 0.1) is 10.1 Å². The molecule has 0 bridgehead atoms. The molecule has 0 aromatic carbocycles. The highest BCUT2D eigenvalue weighted by Crippen LogP contribution is 2.34. The van der Waals surface area contributed by atoms with Crippen LogP contribution in [0.1, 0.15) is 17.4 Å². The molecule has 1 aromatic heterocycles. The third kappa shape index (κ3) is 3.70. The molecule has 0 radical (unpaired) electrons. The first-order chi connectivity index (χ1) is 9.15. The zero-order chi connectivity index (χ0) is 15.5. The van der Waals surface area contributed by atoms with E-state index >= 15 is 0 Å². The Kier molecular flexibility index (Phi) is 4.32. The van der Waals surface area contributed by atoms with Gasteiger partial charge in [0, 0.05) is 0 Å². The summed E-state index contributed by atoms with van der Waals surface area (Å²) in [5, 5.41) is 20.0. The molecule has 0 atom stereocenters. The number of ether oxygens (including phenoxy) is 2. The smallest absolute Gasteiger partial charge is 0.500 e. The standard InChI is InChI=1S/C9H7F3N2O6/c1-2-19-8(16)6-7(15)4(14(17)18)3-5(13-6)20-9(10,11)12/h3,15H,2H2,1H3. The number of aromatic nitrogens is 1. The average molecular weight is 296 g/mol. The fourth-order valence-electron chi connectivity index (χ4n) is 1.15. The van der Waals surface area contributed by atoms with Crippen molar-refractivity contribution < 1.29 is 37.5 Å². The normalized spacial score (nSPS) is 11.0. The maximum Gasteiger partial charge on any atom is 0.574 e. The lowest BCUT2D eigenvalue weighted by Crippen LogP contribution is -2.19. The molecule has 0 aliphatic carbocycles. The molecule has 11 heteroatoms. The maximum absolute atomic E-state index is 12.0. The van der Waals surface area contributed by atoms with Crippen molar-refractivity contribution in [1.29, 1.82) is 0 Å². The van der Waals surface area contributed by atoms with Gasteiger partial charge in [-0.2, -0.15) is 0 Å². The van der Waals surface area contributed by atoms with E-state index in [4.69, 9.17) is 0 Å². The molecule has 0 unspecified atom stereocenters. The van der Waals surface area contributed by atoms with Crippen LogP contribution in [0.2, 0.25) is 0 Å². The summed E-state index contributed by atoms with van der Waals surface area (Å²) >= 11 is 0. The zero-order valence-corrected chi connectivity index (χ0v) is 9.80. The molecule has 110 valence electrons. The molecule has 1 N–H and O–H groups in total. The van der Waals surface area contributed by atoms with Crippen molar-refractivity contribution >= 4 is 11.7 Å². The molecule has 0 aliphatic heterocycles. The molecule has 1 aromatic rings. The minimum Gasteiger partial charge on any atom is -0.500 e. The molecule has 20 heavy (non-hydrogen) atoms. The second-order valence-corrected chi connectivity index (χ2v) is 3.20. The van der Waals surface area contributed by atoms with E-state index in [1.807, 2.05) is 0 Å². The molecule has 1 heterocycles. The van der Waals surface area contributed by atoms with Crippen LogP contribution in [0.4, 0.5) is 18.9 Å². The summed E-state index contributed by atoms with van der Waals surface area (Å²) in [6, 6.07) is 0.242. The van der Waals surface area contributed by atoms with Gasteiger partial charge in [0.25, 0.3) is 0 Å². The molecule has 0 aliphatic rings. The topological polar surface area (TPSA) is 112 Å². The van der Waals surface area contributed by atoms with Gasteiger partial charge in [-0.15, -0.1) is 13.2 Å². The van der Waals surface area contributed by atoms with Crippen molar-refractivity contribution in [3.8, 4) is 11.6 Å². The third-order valence-electron chi connectivity index (χ3n) is 1.83. The number of carbonyl (C=O) groups excluding carboxylic acids is 1. The van der Waals surface area contributed by atoms with E-state index < -0.39 is 40.3 Å². The molecule has 1 rings (SSSR count). The molecular weight excluding hydrogens is 289 g/mol. The van der Waals surface area contributed by atoms with Crippen molar-refractivity contribution in [2.24, 2.45) is 0 Å². The Morgan fingerprint density at radius 2 is 2.15 bits per heavy atom. The number of esters is 1. The first kappa shape index (κ1) is 15.5. The third-order valence-corrected chi connectivity index (χ3v) is 1.83. The van der Waals surface area contributed by atoms with E-state index in [1.165, 1.54) is 6.92 Å². The van der Waals surface area contributed by atoms with E-state index in [0.717, 1.165) is 0 Å². The molecule has 0 fully saturated rings. The van der Waals surface area contributed by atoms with E-state index in [2.05, 4.69) is 14.5 Å². The monoisotopic (exact) mass is 296 g/mol. The molecule has 0 saturated carbocycles. The van der Waals surface area contributed by atoms with Gasteiger partial charge < -0.3 is 14.6 Å². The van der Waals surface area contributed by atoms with Gasteiger partial charge in [-0.05, 0) is 6.92 Å². The number of carbonyl (C=O) groups is 1. The summed E-state index contributed by atoms with van der Waals surface area (Å²) in [5.74, 6) is -3.78. The number of alkyl halides is 3. The largest absolute Gasteiger partial charge is 0.574 e. The lowest BCUT2D eigenvalue weighted by atomic mass is 10.3. The van der Waals surface area contributed by atoms with Gasteiger partial charge in [-0.3, -0.25) is 10.1 Å². The number of nitrogens with zero attached hydrogens (tertiary/aromatic N) is 2. The Hall–Kier alpha value is -2.59. The van der Waals surface area contributed by atoms with Crippen LogP contribution in [-0.4, -0.2) is 34.0 Å². The summed E-state index contributed by atoms with van der Waals surface area (Å²) in [5.41, 5.74) is -2.21. The molecule has 0 saturated heterocycles. The highest BCUT2D eigenvalue weighted by atomic mass is 19.4. The van der Waals surface area contributed by atoms with Crippen LogP contribution in [0.15, 0.2) is 6.07 Å². The minimum atomic E-state index is -5.16. The van der Waals surface area contributed by atoms with Crippen LogP contribution in [0.5, 0.6) is 11.6 Å². The second-order valence-electron chi connectivity index (χ2n) is 3.20. The maximum atomic E-state index is 12.0. The Morgan fingerprint density at radius 3 is 2.60 bits per heavy atom. The molecule has 0 amide bonds. The SMILES string of the molecule is CCOC(=O)c1nc(OC(F)(F)F)cc([N+](=O)[O-])c1O. The van der Waals surface area contributed by atoms with Crippen molar-refractivity contribution in [3.05, 3.63) is 21.9 Å². The summed E-state index contributed by atoms with van der Waals surface area (Å²) in [6.07, 6.45) is -5.16. The lowest BCUT2D eigenvalue weighted by molar-refractivity contribution is -0.386. The number of rotatable bonds is 4. The number of aromatic hydroxyl groups is 1. The van der Waals surface area contributed by atoms with Gasteiger partial charge in [-0.1, -0.05) is 0 Å². The van der Waals surface area contributed by atoms with Gasteiger partial charge in [0.1, 0.15) is 0 Å². The fourth-order valence-corrected chi connectivity index (χ4v) is 1.15. The fraction of sp³-hybridized carbons (Fsp3) is 0.333. The quantitative estimate of drug-likeness (QED) is 0.512. The van der Waals surface area contributed by atoms with Crippen LogP contribution in [0.3, 0.4) is 0 Å². The zero-order valence-electron chi connectivity index (χ0n) is 9.80. The first-order valence-corrected chi connectivity index (χ1v) is 4.97. The number of halogens is 3. The van der Waals surface area contributed by atoms with Crippen LogP contribution < -0.4 is 4.74 Å². The van der Waals surface area contributed by atoms with Gasteiger partial charge >= 0.3 is 18.0 Å². The second kappa shape index (κ2) is 5.59. The number of hydrogen-bond donors (Lipinski definition) is 1. The van der Waals surface area contributed by atoms with Crippen molar-refractivity contribution in [2.45, 2.75) is 13.3 Å².